The first-order valence-corrected chi connectivity index (χ1v) is 8.23. The van der Waals surface area contributed by atoms with Gasteiger partial charge >= 0.3 is 0 Å². The molecule has 0 spiro atoms. The Morgan fingerprint density at radius 2 is 1.83 bits per heavy atom. The van der Waals surface area contributed by atoms with Crippen LogP contribution in [0.5, 0.6) is 0 Å². The van der Waals surface area contributed by atoms with Gasteiger partial charge in [-0.3, -0.25) is 4.79 Å². The molecule has 3 rings (SSSR count). The molecule has 0 radical (unpaired) electrons. The Bertz CT molecular complexity index is 683. The maximum Gasteiger partial charge on any atom is 0.242 e. The zero-order chi connectivity index (χ0) is 16.4. The second-order valence-corrected chi connectivity index (χ2v) is 6.40. The lowest BCUT2D eigenvalue weighted by atomic mass is 10.1. The number of hydrogen-bond acceptors (Lipinski definition) is 2. The summed E-state index contributed by atoms with van der Waals surface area (Å²) in [6.07, 6.45) is 1.02. The van der Waals surface area contributed by atoms with E-state index in [0.717, 1.165) is 6.42 Å². The van der Waals surface area contributed by atoms with Crippen molar-refractivity contribution in [3.8, 4) is 0 Å². The maximum atomic E-state index is 12.8. The Hall–Kier alpha value is -2.29. The van der Waals surface area contributed by atoms with Gasteiger partial charge in [-0.2, -0.15) is 0 Å². The topological polar surface area (TPSA) is 23.6 Å². The van der Waals surface area contributed by atoms with Crippen LogP contribution in [0.25, 0.3) is 0 Å². The number of carbonyl (C=O) groups is 1. The number of anilines is 1. The van der Waals surface area contributed by atoms with Crippen LogP contribution in [-0.2, 0) is 11.2 Å². The molecule has 2 atom stereocenters. The van der Waals surface area contributed by atoms with Crippen LogP contribution in [0.1, 0.15) is 31.0 Å². The average molecular weight is 308 g/mol. The second kappa shape index (κ2) is 6.45. The van der Waals surface area contributed by atoms with E-state index in [1.165, 1.54) is 16.8 Å². The Labute approximate surface area is 138 Å². The molecule has 0 saturated heterocycles. The Morgan fingerprint density at radius 3 is 2.57 bits per heavy atom. The van der Waals surface area contributed by atoms with Gasteiger partial charge in [0.2, 0.25) is 5.91 Å². The summed E-state index contributed by atoms with van der Waals surface area (Å²) >= 11 is 0. The van der Waals surface area contributed by atoms with Crippen molar-refractivity contribution >= 4 is 11.6 Å². The standard InChI is InChI=1S/C20H24N2O/c1-15-13-18-11-7-8-12-19(18)22(15)14-20(23)21(3)16(2)17-9-5-4-6-10-17/h4-12,15-16H,13-14H2,1-3H3/t15-,16+/m0/s1. The molecule has 0 saturated carbocycles. The molecule has 0 bridgehead atoms. The van der Waals surface area contributed by atoms with Crippen LogP contribution in [0.4, 0.5) is 5.69 Å². The first-order chi connectivity index (χ1) is 11.1. The van der Waals surface area contributed by atoms with Crippen molar-refractivity contribution in [2.24, 2.45) is 0 Å². The maximum absolute atomic E-state index is 12.8. The number of carbonyl (C=O) groups excluding carboxylic acids is 1. The van der Waals surface area contributed by atoms with Crippen molar-refractivity contribution in [1.29, 1.82) is 0 Å². The number of rotatable bonds is 4. The molecule has 3 heteroatoms. The van der Waals surface area contributed by atoms with Crippen LogP contribution in [0, 0.1) is 0 Å². The van der Waals surface area contributed by atoms with Gasteiger partial charge in [-0.15, -0.1) is 0 Å². The van der Waals surface area contributed by atoms with E-state index < -0.39 is 0 Å². The fraction of sp³-hybridized carbons (Fsp3) is 0.350. The molecule has 1 amide bonds. The minimum absolute atomic E-state index is 0.0804. The van der Waals surface area contributed by atoms with Crippen molar-refractivity contribution in [1.82, 2.24) is 4.90 Å². The number of para-hydroxylation sites is 1. The molecule has 2 aromatic rings. The van der Waals surface area contributed by atoms with Crippen LogP contribution in [-0.4, -0.2) is 30.4 Å². The highest BCUT2D eigenvalue weighted by Gasteiger charge is 2.28. The first-order valence-electron chi connectivity index (χ1n) is 8.23. The summed E-state index contributed by atoms with van der Waals surface area (Å²) in [6, 6.07) is 19.0. The first kappa shape index (κ1) is 15.6. The van der Waals surface area contributed by atoms with Crippen molar-refractivity contribution in [3.63, 3.8) is 0 Å². The third-order valence-electron chi connectivity index (χ3n) is 4.91. The number of fused-ring (bicyclic) bond motifs is 1. The molecule has 0 unspecified atom stereocenters. The fourth-order valence-corrected chi connectivity index (χ4v) is 3.30. The quantitative estimate of drug-likeness (QED) is 0.860. The molecular weight excluding hydrogens is 284 g/mol. The molecule has 1 aliphatic rings. The van der Waals surface area contributed by atoms with Gasteiger partial charge < -0.3 is 9.80 Å². The van der Waals surface area contributed by atoms with E-state index in [1.807, 2.05) is 36.2 Å². The van der Waals surface area contributed by atoms with E-state index in [1.54, 1.807) is 0 Å². The largest absolute Gasteiger partial charge is 0.359 e. The monoisotopic (exact) mass is 308 g/mol. The summed E-state index contributed by atoms with van der Waals surface area (Å²) < 4.78 is 0. The molecule has 23 heavy (non-hydrogen) atoms. The predicted octanol–water partition coefficient (Wildman–Crippen LogP) is 3.66. The van der Waals surface area contributed by atoms with Crippen LogP contribution < -0.4 is 4.90 Å². The summed E-state index contributed by atoms with van der Waals surface area (Å²) in [6.45, 7) is 4.70. The summed E-state index contributed by atoms with van der Waals surface area (Å²) in [7, 11) is 1.90. The van der Waals surface area contributed by atoms with Gasteiger partial charge in [-0.1, -0.05) is 48.5 Å². The molecule has 0 aromatic heterocycles. The summed E-state index contributed by atoms with van der Waals surface area (Å²) in [5.41, 5.74) is 3.71. The Morgan fingerprint density at radius 1 is 1.17 bits per heavy atom. The minimum Gasteiger partial charge on any atom is -0.359 e. The van der Waals surface area contributed by atoms with Crippen LogP contribution in [0.2, 0.25) is 0 Å². The van der Waals surface area contributed by atoms with Gasteiger partial charge in [0, 0.05) is 18.8 Å². The fourth-order valence-electron chi connectivity index (χ4n) is 3.30. The molecule has 3 nitrogen and oxygen atoms in total. The lowest BCUT2D eigenvalue weighted by molar-refractivity contribution is -0.130. The van der Waals surface area contributed by atoms with E-state index in [2.05, 4.69) is 49.1 Å². The molecule has 2 aromatic carbocycles. The minimum atomic E-state index is 0.0804. The average Bonchev–Trinajstić information content (AvgIpc) is 2.90. The molecule has 0 aliphatic carbocycles. The van der Waals surface area contributed by atoms with Crippen LogP contribution >= 0.6 is 0 Å². The van der Waals surface area contributed by atoms with Crippen LogP contribution in [0.15, 0.2) is 54.6 Å². The van der Waals surface area contributed by atoms with Gasteiger partial charge in [-0.25, -0.2) is 0 Å². The Balaban J connectivity index is 1.72. The lowest BCUT2D eigenvalue weighted by Crippen LogP contribution is -2.41. The summed E-state index contributed by atoms with van der Waals surface area (Å²) in [5.74, 6) is 0.157. The molecular formula is C20H24N2O. The van der Waals surface area contributed by atoms with E-state index in [4.69, 9.17) is 0 Å². The Kier molecular flexibility index (Phi) is 4.37. The van der Waals surface area contributed by atoms with E-state index in [-0.39, 0.29) is 11.9 Å². The van der Waals surface area contributed by atoms with Crippen molar-refractivity contribution < 1.29 is 4.79 Å². The van der Waals surface area contributed by atoms with Gasteiger partial charge in [-0.05, 0) is 37.5 Å². The number of hydrogen-bond donors (Lipinski definition) is 0. The van der Waals surface area contributed by atoms with Crippen molar-refractivity contribution in [2.45, 2.75) is 32.4 Å². The molecule has 0 fully saturated rings. The normalized spacial score (nSPS) is 17.7. The second-order valence-electron chi connectivity index (χ2n) is 6.40. The smallest absolute Gasteiger partial charge is 0.242 e. The van der Waals surface area contributed by atoms with Crippen LogP contribution in [0.3, 0.4) is 0 Å². The molecule has 0 N–H and O–H groups in total. The zero-order valence-corrected chi connectivity index (χ0v) is 14.1. The summed E-state index contributed by atoms with van der Waals surface area (Å²) in [5, 5.41) is 0. The number of amides is 1. The number of likely N-dealkylation sites (N-methyl/N-ethyl adjacent to an activating group) is 1. The SMILES string of the molecule is C[C@H](c1ccccc1)N(C)C(=O)CN1c2ccccc2C[C@@H]1C. The van der Waals surface area contributed by atoms with Crippen molar-refractivity contribution in [3.05, 3.63) is 65.7 Å². The van der Waals surface area contributed by atoms with Gasteiger partial charge in [0.05, 0.1) is 12.6 Å². The summed E-state index contributed by atoms with van der Waals surface area (Å²) in [4.78, 5) is 16.8. The third kappa shape index (κ3) is 3.09. The lowest BCUT2D eigenvalue weighted by Gasteiger charge is -2.30. The van der Waals surface area contributed by atoms with Gasteiger partial charge in [0.1, 0.15) is 0 Å². The van der Waals surface area contributed by atoms with E-state index >= 15 is 0 Å². The highest BCUT2D eigenvalue weighted by molar-refractivity contribution is 5.83. The highest BCUT2D eigenvalue weighted by Crippen LogP contribution is 2.31. The number of nitrogens with zero attached hydrogens (tertiary/aromatic N) is 2. The zero-order valence-electron chi connectivity index (χ0n) is 14.1. The number of benzene rings is 2. The highest BCUT2D eigenvalue weighted by atomic mass is 16.2. The van der Waals surface area contributed by atoms with Gasteiger partial charge in [0.25, 0.3) is 0 Å². The third-order valence-corrected chi connectivity index (χ3v) is 4.91. The van der Waals surface area contributed by atoms with Gasteiger partial charge in [0.15, 0.2) is 0 Å². The van der Waals surface area contributed by atoms with E-state index in [0.29, 0.717) is 12.6 Å². The predicted molar refractivity (Wildman–Crippen MR) is 94.6 cm³/mol. The molecule has 1 heterocycles. The van der Waals surface area contributed by atoms with Crippen molar-refractivity contribution in [2.75, 3.05) is 18.5 Å². The molecule has 120 valence electrons. The van der Waals surface area contributed by atoms with E-state index in [9.17, 15) is 4.79 Å². The molecule has 1 aliphatic heterocycles.